The van der Waals surface area contributed by atoms with Crippen molar-refractivity contribution in [3.8, 4) is 0 Å². The highest BCUT2D eigenvalue weighted by molar-refractivity contribution is 5.18. The Morgan fingerprint density at radius 3 is 2.80 bits per heavy atom. The number of hydrogen-bond donors (Lipinski definition) is 1. The Kier molecular flexibility index (Phi) is 1.75. The molecule has 2 heterocycles. The van der Waals surface area contributed by atoms with Gasteiger partial charge in [0.05, 0.1) is 0 Å². The van der Waals surface area contributed by atoms with Crippen LogP contribution in [-0.2, 0) is 13.0 Å². The Hall–Kier alpha value is -0.900. The van der Waals surface area contributed by atoms with Crippen molar-refractivity contribution < 1.29 is 0 Å². The van der Waals surface area contributed by atoms with Crippen molar-refractivity contribution in [3.63, 3.8) is 0 Å². The molecule has 1 aromatic rings. The van der Waals surface area contributed by atoms with Crippen LogP contribution in [0.3, 0.4) is 0 Å². The molecule has 0 bridgehead atoms. The topological polar surface area (TPSA) is 56.7 Å². The summed E-state index contributed by atoms with van der Waals surface area (Å²) in [6, 6.07) is 0.286. The molecule has 1 aromatic heterocycles. The highest BCUT2D eigenvalue weighted by Gasteiger charge is 2.50. The van der Waals surface area contributed by atoms with Crippen molar-refractivity contribution in [1.82, 2.24) is 14.8 Å². The molecule has 2 aliphatic rings. The highest BCUT2D eigenvalue weighted by atomic mass is 15.3. The molecule has 2 N–H and O–H groups in total. The molecule has 0 aromatic carbocycles. The lowest BCUT2D eigenvalue weighted by Crippen LogP contribution is -2.32. The second-order valence-corrected chi connectivity index (χ2v) is 5.63. The quantitative estimate of drug-likeness (QED) is 0.747. The molecule has 4 nitrogen and oxygen atoms in total. The SMILES string of the molecule is CC1(C)CC1c1nnc2n1CC(N)CC2. The van der Waals surface area contributed by atoms with E-state index in [-0.39, 0.29) is 6.04 Å². The molecule has 0 saturated heterocycles. The maximum absolute atomic E-state index is 5.99. The predicted octanol–water partition coefficient (Wildman–Crippen LogP) is 1.07. The molecule has 2 unspecified atom stereocenters. The van der Waals surface area contributed by atoms with Gasteiger partial charge in [0.25, 0.3) is 0 Å². The van der Waals surface area contributed by atoms with Crippen molar-refractivity contribution in [3.05, 3.63) is 11.6 Å². The standard InChI is InChI=1S/C11H18N4/c1-11(2)5-8(11)10-14-13-9-4-3-7(12)6-15(9)10/h7-8H,3-6,12H2,1-2H3. The highest BCUT2D eigenvalue weighted by Crippen LogP contribution is 2.58. The number of nitrogens with zero attached hydrogens (tertiary/aromatic N) is 3. The summed E-state index contributed by atoms with van der Waals surface area (Å²) in [6.45, 7) is 5.49. The van der Waals surface area contributed by atoms with Gasteiger partial charge in [-0.2, -0.15) is 0 Å². The summed E-state index contributed by atoms with van der Waals surface area (Å²) in [5, 5.41) is 8.62. The van der Waals surface area contributed by atoms with Crippen molar-refractivity contribution in [2.75, 3.05) is 0 Å². The minimum atomic E-state index is 0.286. The van der Waals surface area contributed by atoms with Gasteiger partial charge in [0.2, 0.25) is 0 Å². The molecule has 0 amide bonds. The Morgan fingerprint density at radius 2 is 2.13 bits per heavy atom. The van der Waals surface area contributed by atoms with Crippen molar-refractivity contribution in [2.24, 2.45) is 11.1 Å². The summed E-state index contributed by atoms with van der Waals surface area (Å²) >= 11 is 0. The van der Waals surface area contributed by atoms with Gasteiger partial charge in [-0.25, -0.2) is 0 Å². The summed E-state index contributed by atoms with van der Waals surface area (Å²) in [5.41, 5.74) is 6.41. The lowest BCUT2D eigenvalue weighted by molar-refractivity contribution is 0.438. The van der Waals surface area contributed by atoms with Gasteiger partial charge in [0.1, 0.15) is 11.6 Å². The number of aromatic nitrogens is 3. The third-order valence-corrected chi connectivity index (χ3v) is 3.84. The number of aryl methyl sites for hydroxylation is 1. The smallest absolute Gasteiger partial charge is 0.136 e. The first-order valence-electron chi connectivity index (χ1n) is 5.75. The first kappa shape index (κ1) is 9.33. The first-order valence-corrected chi connectivity index (χ1v) is 5.75. The third-order valence-electron chi connectivity index (χ3n) is 3.84. The number of fused-ring (bicyclic) bond motifs is 1. The fraction of sp³-hybridized carbons (Fsp3) is 0.818. The van der Waals surface area contributed by atoms with E-state index in [1.807, 2.05) is 0 Å². The fourth-order valence-electron chi connectivity index (χ4n) is 2.54. The van der Waals surface area contributed by atoms with Gasteiger partial charge in [-0.05, 0) is 18.3 Å². The lowest BCUT2D eigenvalue weighted by Gasteiger charge is -2.21. The van der Waals surface area contributed by atoms with Crippen LogP contribution >= 0.6 is 0 Å². The van der Waals surface area contributed by atoms with E-state index in [0.29, 0.717) is 11.3 Å². The van der Waals surface area contributed by atoms with Crippen LogP contribution in [-0.4, -0.2) is 20.8 Å². The number of rotatable bonds is 1. The monoisotopic (exact) mass is 206 g/mol. The van der Waals surface area contributed by atoms with E-state index in [1.165, 1.54) is 12.2 Å². The number of hydrogen-bond acceptors (Lipinski definition) is 3. The van der Waals surface area contributed by atoms with E-state index in [4.69, 9.17) is 5.73 Å². The summed E-state index contributed by atoms with van der Waals surface area (Å²) < 4.78 is 2.26. The van der Waals surface area contributed by atoms with E-state index in [0.717, 1.165) is 25.2 Å². The fourth-order valence-corrected chi connectivity index (χ4v) is 2.54. The molecule has 82 valence electrons. The Morgan fingerprint density at radius 1 is 1.40 bits per heavy atom. The van der Waals surface area contributed by atoms with Crippen LogP contribution in [0.4, 0.5) is 0 Å². The van der Waals surface area contributed by atoms with E-state index >= 15 is 0 Å². The van der Waals surface area contributed by atoms with Crippen LogP contribution in [0.1, 0.15) is 44.3 Å². The molecule has 2 atom stereocenters. The van der Waals surface area contributed by atoms with E-state index in [2.05, 4.69) is 28.6 Å². The summed E-state index contributed by atoms with van der Waals surface area (Å²) in [4.78, 5) is 0. The minimum Gasteiger partial charge on any atom is -0.326 e. The van der Waals surface area contributed by atoms with Crippen molar-refractivity contribution in [1.29, 1.82) is 0 Å². The van der Waals surface area contributed by atoms with Gasteiger partial charge in [-0.1, -0.05) is 13.8 Å². The molecule has 3 rings (SSSR count). The average molecular weight is 206 g/mol. The molecule has 1 fully saturated rings. The normalized spacial score (nSPS) is 32.5. The Labute approximate surface area is 89.9 Å². The second kappa shape index (κ2) is 2.82. The molecule has 0 spiro atoms. The lowest BCUT2D eigenvalue weighted by atomic mass is 10.1. The second-order valence-electron chi connectivity index (χ2n) is 5.63. The summed E-state index contributed by atoms with van der Waals surface area (Å²) in [6.07, 6.45) is 3.27. The zero-order valence-corrected chi connectivity index (χ0v) is 9.40. The first-order chi connectivity index (χ1) is 7.08. The maximum atomic E-state index is 5.99. The van der Waals surface area contributed by atoms with Gasteiger partial charge in [0.15, 0.2) is 0 Å². The maximum Gasteiger partial charge on any atom is 0.136 e. The Balaban J connectivity index is 1.94. The van der Waals surface area contributed by atoms with Crippen LogP contribution in [0, 0.1) is 5.41 Å². The molecular weight excluding hydrogens is 188 g/mol. The summed E-state index contributed by atoms with van der Waals surface area (Å²) in [7, 11) is 0. The van der Waals surface area contributed by atoms with E-state index < -0.39 is 0 Å². The van der Waals surface area contributed by atoms with Gasteiger partial charge >= 0.3 is 0 Å². The zero-order chi connectivity index (χ0) is 10.6. The number of nitrogens with two attached hydrogens (primary N) is 1. The zero-order valence-electron chi connectivity index (χ0n) is 9.40. The van der Waals surface area contributed by atoms with Crippen LogP contribution in [0.15, 0.2) is 0 Å². The van der Waals surface area contributed by atoms with E-state index in [1.54, 1.807) is 0 Å². The summed E-state index contributed by atoms with van der Waals surface area (Å²) in [5.74, 6) is 2.91. The molecule has 1 saturated carbocycles. The van der Waals surface area contributed by atoms with Crippen LogP contribution < -0.4 is 5.73 Å². The average Bonchev–Trinajstić information content (AvgIpc) is 2.64. The molecular formula is C11H18N4. The molecule has 1 aliphatic carbocycles. The van der Waals surface area contributed by atoms with Crippen LogP contribution in [0.5, 0.6) is 0 Å². The van der Waals surface area contributed by atoms with Crippen molar-refractivity contribution >= 4 is 0 Å². The van der Waals surface area contributed by atoms with Crippen LogP contribution in [0.25, 0.3) is 0 Å². The Bertz CT molecular complexity index is 393. The molecule has 0 radical (unpaired) electrons. The van der Waals surface area contributed by atoms with Gasteiger partial charge in [-0.3, -0.25) is 0 Å². The van der Waals surface area contributed by atoms with Gasteiger partial charge in [-0.15, -0.1) is 10.2 Å². The van der Waals surface area contributed by atoms with E-state index in [9.17, 15) is 0 Å². The van der Waals surface area contributed by atoms with Gasteiger partial charge < -0.3 is 10.3 Å². The minimum absolute atomic E-state index is 0.286. The van der Waals surface area contributed by atoms with Crippen LogP contribution in [0.2, 0.25) is 0 Å². The predicted molar refractivity (Wildman–Crippen MR) is 57.5 cm³/mol. The van der Waals surface area contributed by atoms with Gasteiger partial charge in [0, 0.05) is 24.9 Å². The van der Waals surface area contributed by atoms with Crippen molar-refractivity contribution in [2.45, 2.75) is 51.6 Å². The molecule has 4 heteroatoms. The largest absolute Gasteiger partial charge is 0.326 e. The molecule has 15 heavy (non-hydrogen) atoms. The molecule has 1 aliphatic heterocycles. The third kappa shape index (κ3) is 1.39.